The van der Waals surface area contributed by atoms with Crippen LogP contribution in [0.5, 0.6) is 0 Å². The number of H-pyrrole nitrogens is 1. The summed E-state index contributed by atoms with van der Waals surface area (Å²) in [4.78, 5) is 43.3. The van der Waals surface area contributed by atoms with Gasteiger partial charge in [0, 0.05) is 60.3 Å². The number of hydrogen-bond donors (Lipinski definition) is 3. The fraction of sp³-hybridized carbons (Fsp3) is 0.433. The van der Waals surface area contributed by atoms with Crippen molar-refractivity contribution >= 4 is 46.0 Å². The Bertz CT molecular complexity index is 1430. The van der Waals surface area contributed by atoms with E-state index in [1.165, 1.54) is 0 Å². The Morgan fingerprint density at radius 2 is 1.88 bits per heavy atom. The molecule has 9 nitrogen and oxygen atoms in total. The van der Waals surface area contributed by atoms with Crippen molar-refractivity contribution < 1.29 is 37.4 Å². The highest BCUT2D eigenvalue weighted by atomic mass is 35.5. The number of carbonyl (C=O) groups excluding carboxylic acids is 2. The van der Waals surface area contributed by atoms with E-state index in [1.807, 2.05) is 74.6 Å². The predicted molar refractivity (Wildman–Crippen MR) is 158 cm³/mol. The predicted octanol–water partition coefficient (Wildman–Crippen LogP) is 4.85. The normalized spacial score (nSPS) is 16.2. The van der Waals surface area contributed by atoms with Crippen LogP contribution in [0.25, 0.3) is 10.9 Å². The van der Waals surface area contributed by atoms with Crippen LogP contribution in [-0.4, -0.2) is 85.9 Å². The number of halogens is 4. The van der Waals surface area contributed by atoms with Gasteiger partial charge >= 0.3 is 12.1 Å². The van der Waals surface area contributed by atoms with E-state index in [0.29, 0.717) is 18.2 Å². The monoisotopic (exact) mass is 624 g/mol. The maximum absolute atomic E-state index is 14.3. The number of anilines is 1. The zero-order valence-electron chi connectivity index (χ0n) is 24.4. The molecular weight excluding hydrogens is 589 g/mol. The van der Waals surface area contributed by atoms with Gasteiger partial charge in [0.1, 0.15) is 6.04 Å². The van der Waals surface area contributed by atoms with Gasteiger partial charge in [-0.15, -0.1) is 0 Å². The topological polar surface area (TPSA) is 115 Å². The molecule has 1 aliphatic heterocycles. The van der Waals surface area contributed by atoms with Gasteiger partial charge in [0.25, 0.3) is 0 Å². The first-order chi connectivity index (χ1) is 20.2. The first kappa shape index (κ1) is 33.9. The third-order valence-electron chi connectivity index (χ3n) is 7.14. The number of aliphatic carboxylic acids is 1. The highest BCUT2D eigenvalue weighted by Crippen LogP contribution is 2.35. The van der Waals surface area contributed by atoms with Gasteiger partial charge < -0.3 is 29.9 Å². The lowest BCUT2D eigenvalue weighted by atomic mass is 9.88. The minimum Gasteiger partial charge on any atom is -0.475 e. The van der Waals surface area contributed by atoms with Gasteiger partial charge in [0.2, 0.25) is 11.8 Å². The highest BCUT2D eigenvalue weighted by molar-refractivity contribution is 6.30. The maximum atomic E-state index is 14.3. The SMILES string of the molecule is COCCC(=O)NC(C(=O)N1C[C@@H](CN(C)C)Cc2cc(Cl)ccc21)C(C)c1c[nH]c2ccccc12.O=C(O)C(F)(F)F. The Morgan fingerprint density at radius 3 is 2.51 bits per heavy atom. The summed E-state index contributed by atoms with van der Waals surface area (Å²) < 4.78 is 36.8. The molecule has 1 aromatic heterocycles. The van der Waals surface area contributed by atoms with Crippen molar-refractivity contribution in [3.05, 3.63) is 64.8 Å². The first-order valence-corrected chi connectivity index (χ1v) is 14.0. The van der Waals surface area contributed by atoms with E-state index in [0.717, 1.165) is 40.7 Å². The minimum absolute atomic E-state index is 0.120. The second kappa shape index (κ2) is 14.7. The van der Waals surface area contributed by atoms with Gasteiger partial charge in [-0.3, -0.25) is 9.59 Å². The summed E-state index contributed by atoms with van der Waals surface area (Å²) in [6.45, 7) is 3.72. The van der Waals surface area contributed by atoms with E-state index < -0.39 is 18.2 Å². The second-order valence-electron chi connectivity index (χ2n) is 10.7. The molecule has 0 radical (unpaired) electrons. The summed E-state index contributed by atoms with van der Waals surface area (Å²) in [6.07, 6.45) is -2.10. The Morgan fingerprint density at radius 1 is 1.21 bits per heavy atom. The molecule has 2 amide bonds. The van der Waals surface area contributed by atoms with E-state index >= 15 is 0 Å². The number of amides is 2. The standard InChI is InChI=1S/C28H35ClN4O3.C2HF3O2/c1-18(23-15-30-24-8-6-5-7-22(23)24)27(31-26(34)11-12-36-4)28(35)33-17-19(16-32(2)3)13-20-14-21(29)9-10-25(20)33;3-2(4,5)1(6)7/h5-10,14-15,18-19,27,30H,11-13,16-17H2,1-4H3,(H,31,34);(H,6,7)/t18?,19-,27?;/m1./s1. The number of fused-ring (bicyclic) bond motifs is 2. The lowest BCUT2D eigenvalue weighted by Crippen LogP contribution is -2.54. The number of carboxylic acids is 1. The first-order valence-electron chi connectivity index (χ1n) is 13.6. The van der Waals surface area contributed by atoms with Gasteiger partial charge in [-0.05, 0) is 61.8 Å². The smallest absolute Gasteiger partial charge is 0.475 e. The largest absolute Gasteiger partial charge is 0.490 e. The summed E-state index contributed by atoms with van der Waals surface area (Å²) in [5.41, 5.74) is 3.91. The van der Waals surface area contributed by atoms with Crippen molar-refractivity contribution in [1.82, 2.24) is 15.2 Å². The zero-order valence-corrected chi connectivity index (χ0v) is 25.1. The molecule has 3 aromatic rings. The molecule has 3 N–H and O–H groups in total. The number of rotatable bonds is 9. The maximum Gasteiger partial charge on any atom is 0.490 e. The van der Waals surface area contributed by atoms with Crippen molar-refractivity contribution in [3.63, 3.8) is 0 Å². The van der Waals surface area contributed by atoms with Crippen LogP contribution in [0.4, 0.5) is 18.9 Å². The number of carboxylic acid groups (broad SMARTS) is 1. The zero-order chi connectivity index (χ0) is 31.9. The van der Waals surface area contributed by atoms with Crippen molar-refractivity contribution in [2.24, 2.45) is 5.92 Å². The quantitative estimate of drug-likeness (QED) is 0.314. The average Bonchev–Trinajstić information content (AvgIpc) is 3.37. The molecule has 234 valence electrons. The van der Waals surface area contributed by atoms with Crippen LogP contribution in [0.1, 0.15) is 30.4 Å². The fourth-order valence-electron chi connectivity index (χ4n) is 5.22. The fourth-order valence-corrected chi connectivity index (χ4v) is 5.41. The second-order valence-corrected chi connectivity index (χ2v) is 11.2. The molecular formula is C30H36ClF3N4O5. The molecule has 43 heavy (non-hydrogen) atoms. The van der Waals surface area contributed by atoms with Crippen LogP contribution in [0.3, 0.4) is 0 Å². The summed E-state index contributed by atoms with van der Waals surface area (Å²) in [5.74, 6) is -3.09. The lowest BCUT2D eigenvalue weighted by molar-refractivity contribution is -0.192. The summed E-state index contributed by atoms with van der Waals surface area (Å²) in [7, 11) is 5.64. The summed E-state index contributed by atoms with van der Waals surface area (Å²) >= 11 is 6.32. The number of alkyl halides is 3. The Balaban J connectivity index is 0.000000646. The van der Waals surface area contributed by atoms with Crippen LogP contribution in [0.15, 0.2) is 48.7 Å². The summed E-state index contributed by atoms with van der Waals surface area (Å²) in [5, 5.41) is 11.9. The lowest BCUT2D eigenvalue weighted by Gasteiger charge is -2.38. The van der Waals surface area contributed by atoms with Crippen LogP contribution >= 0.6 is 11.6 Å². The van der Waals surface area contributed by atoms with Gasteiger partial charge in [-0.1, -0.05) is 36.7 Å². The van der Waals surface area contributed by atoms with Crippen molar-refractivity contribution in [2.45, 2.75) is 37.9 Å². The molecule has 3 atom stereocenters. The van der Waals surface area contributed by atoms with Crippen LogP contribution in [0, 0.1) is 5.92 Å². The Kier molecular flexibility index (Phi) is 11.6. The summed E-state index contributed by atoms with van der Waals surface area (Å²) in [6, 6.07) is 13.0. The van der Waals surface area contributed by atoms with Gasteiger partial charge in [-0.25, -0.2) is 4.79 Å². The molecule has 2 heterocycles. The molecule has 1 aliphatic rings. The number of carbonyl (C=O) groups is 3. The van der Waals surface area contributed by atoms with E-state index in [4.69, 9.17) is 26.2 Å². The number of nitrogens with one attached hydrogen (secondary N) is 2. The molecule has 0 saturated heterocycles. The van der Waals surface area contributed by atoms with Crippen LogP contribution in [0.2, 0.25) is 5.02 Å². The third kappa shape index (κ3) is 8.94. The number of aromatic nitrogens is 1. The number of hydrogen-bond acceptors (Lipinski definition) is 5. The van der Waals surface area contributed by atoms with Crippen molar-refractivity contribution in [1.29, 1.82) is 0 Å². The van der Waals surface area contributed by atoms with E-state index in [-0.39, 0.29) is 30.1 Å². The molecule has 2 aromatic carbocycles. The number of para-hydroxylation sites is 1. The van der Waals surface area contributed by atoms with Crippen LogP contribution in [-0.2, 0) is 25.5 Å². The number of nitrogens with zero attached hydrogens (tertiary/aromatic N) is 2. The molecule has 2 unspecified atom stereocenters. The van der Waals surface area contributed by atoms with Crippen molar-refractivity contribution in [2.75, 3.05) is 45.8 Å². The molecule has 0 bridgehead atoms. The number of aromatic amines is 1. The third-order valence-corrected chi connectivity index (χ3v) is 7.38. The average molecular weight is 625 g/mol. The number of methoxy groups -OCH3 is 1. The van der Waals surface area contributed by atoms with Crippen LogP contribution < -0.4 is 10.2 Å². The molecule has 13 heteroatoms. The Hall–Kier alpha value is -3.61. The molecule has 4 rings (SSSR count). The van der Waals surface area contributed by atoms with E-state index in [2.05, 4.69) is 15.2 Å². The Labute approximate surface area is 252 Å². The molecule has 0 aliphatic carbocycles. The molecule has 0 spiro atoms. The van der Waals surface area contributed by atoms with Gasteiger partial charge in [-0.2, -0.15) is 13.2 Å². The van der Waals surface area contributed by atoms with Gasteiger partial charge in [0.05, 0.1) is 6.61 Å². The van der Waals surface area contributed by atoms with Crippen molar-refractivity contribution in [3.8, 4) is 0 Å². The minimum atomic E-state index is -5.08. The van der Waals surface area contributed by atoms with Gasteiger partial charge in [0.15, 0.2) is 0 Å². The number of benzene rings is 2. The van der Waals surface area contributed by atoms with E-state index in [9.17, 15) is 22.8 Å². The highest BCUT2D eigenvalue weighted by Gasteiger charge is 2.38. The molecule has 0 fully saturated rings. The van der Waals surface area contributed by atoms with E-state index in [1.54, 1.807) is 7.11 Å². The molecule has 0 saturated carbocycles. The number of ether oxygens (including phenoxy) is 1.